The molecule has 78 valence electrons. The number of aliphatic hydroxyl groups excluding tert-OH is 1. The highest BCUT2D eigenvalue weighted by atomic mass is 16.5. The fraction of sp³-hybridized carbons (Fsp3) is 1.00. The van der Waals surface area contributed by atoms with E-state index in [0.29, 0.717) is 6.61 Å². The van der Waals surface area contributed by atoms with Gasteiger partial charge in [-0.15, -0.1) is 0 Å². The van der Waals surface area contributed by atoms with Gasteiger partial charge in [0.05, 0.1) is 18.3 Å². The van der Waals surface area contributed by atoms with Crippen molar-refractivity contribution in [1.82, 2.24) is 4.90 Å². The Morgan fingerprint density at radius 1 is 1.38 bits per heavy atom. The fourth-order valence-electron chi connectivity index (χ4n) is 1.26. The zero-order valence-corrected chi connectivity index (χ0v) is 8.92. The van der Waals surface area contributed by atoms with Gasteiger partial charge in [-0.25, -0.2) is 0 Å². The lowest BCUT2D eigenvalue weighted by Gasteiger charge is -2.33. The molecule has 1 rings (SSSR count). The SMILES string of the molecule is CC(C)(C)OC[C@H](O)CN1CCC1. The molecule has 0 aromatic rings. The quantitative estimate of drug-likeness (QED) is 0.709. The summed E-state index contributed by atoms with van der Waals surface area (Å²) in [6, 6.07) is 0. The molecule has 3 nitrogen and oxygen atoms in total. The van der Waals surface area contributed by atoms with Gasteiger partial charge in [-0.3, -0.25) is 0 Å². The Balaban J connectivity index is 2.06. The van der Waals surface area contributed by atoms with E-state index in [4.69, 9.17) is 4.74 Å². The normalized spacial score (nSPS) is 21.2. The third-order valence-electron chi connectivity index (χ3n) is 2.13. The molecule has 1 heterocycles. The Labute approximate surface area is 80.7 Å². The van der Waals surface area contributed by atoms with E-state index in [2.05, 4.69) is 4.90 Å². The van der Waals surface area contributed by atoms with Gasteiger partial charge in [-0.2, -0.15) is 0 Å². The van der Waals surface area contributed by atoms with Crippen molar-refractivity contribution in [1.29, 1.82) is 0 Å². The summed E-state index contributed by atoms with van der Waals surface area (Å²) in [5, 5.41) is 9.58. The molecule has 0 aromatic heterocycles. The van der Waals surface area contributed by atoms with Crippen LogP contribution in [0.15, 0.2) is 0 Å². The lowest BCUT2D eigenvalue weighted by Crippen LogP contribution is -2.44. The molecule has 1 N–H and O–H groups in total. The van der Waals surface area contributed by atoms with Crippen LogP contribution in [0.25, 0.3) is 0 Å². The maximum absolute atomic E-state index is 9.58. The van der Waals surface area contributed by atoms with Crippen molar-refractivity contribution >= 4 is 0 Å². The highest BCUT2D eigenvalue weighted by molar-refractivity contribution is 4.72. The topological polar surface area (TPSA) is 32.7 Å². The summed E-state index contributed by atoms with van der Waals surface area (Å²) in [5.41, 5.74) is -0.143. The maximum Gasteiger partial charge on any atom is 0.0900 e. The molecule has 3 heteroatoms. The molecule has 1 aliphatic rings. The maximum atomic E-state index is 9.58. The molecule has 0 amide bonds. The molecule has 0 radical (unpaired) electrons. The van der Waals surface area contributed by atoms with Gasteiger partial charge in [0.25, 0.3) is 0 Å². The highest BCUT2D eigenvalue weighted by Gasteiger charge is 2.19. The van der Waals surface area contributed by atoms with Gasteiger partial charge >= 0.3 is 0 Å². The van der Waals surface area contributed by atoms with Gasteiger partial charge in [-0.05, 0) is 40.3 Å². The molecule has 1 aliphatic heterocycles. The number of ether oxygens (including phenoxy) is 1. The first kappa shape index (κ1) is 11.0. The molecule has 1 saturated heterocycles. The molecular weight excluding hydrogens is 166 g/mol. The van der Waals surface area contributed by atoms with Crippen molar-refractivity contribution in [3.05, 3.63) is 0 Å². The lowest BCUT2D eigenvalue weighted by atomic mass is 10.2. The Morgan fingerprint density at radius 3 is 2.38 bits per heavy atom. The van der Waals surface area contributed by atoms with Crippen molar-refractivity contribution in [2.75, 3.05) is 26.2 Å². The average Bonchev–Trinajstić information content (AvgIpc) is 1.91. The third-order valence-corrected chi connectivity index (χ3v) is 2.13. The zero-order valence-electron chi connectivity index (χ0n) is 8.92. The molecular formula is C10H21NO2. The largest absolute Gasteiger partial charge is 0.389 e. The number of hydrogen-bond donors (Lipinski definition) is 1. The van der Waals surface area contributed by atoms with Gasteiger partial charge in [-0.1, -0.05) is 0 Å². The number of rotatable bonds is 4. The second-order valence-corrected chi connectivity index (χ2v) is 4.73. The molecule has 1 atom stereocenters. The number of hydrogen-bond acceptors (Lipinski definition) is 3. The van der Waals surface area contributed by atoms with Gasteiger partial charge in [0.2, 0.25) is 0 Å². The molecule has 0 aliphatic carbocycles. The van der Waals surface area contributed by atoms with Gasteiger partial charge in [0, 0.05) is 6.54 Å². The number of aliphatic hydroxyl groups is 1. The summed E-state index contributed by atoms with van der Waals surface area (Å²) in [6.07, 6.45) is 0.937. The van der Waals surface area contributed by atoms with Crippen LogP contribution in [0.4, 0.5) is 0 Å². The van der Waals surface area contributed by atoms with Crippen LogP contribution in [0.1, 0.15) is 27.2 Å². The van der Waals surface area contributed by atoms with Crippen LogP contribution >= 0.6 is 0 Å². The van der Waals surface area contributed by atoms with Crippen LogP contribution in [-0.2, 0) is 4.74 Å². The van der Waals surface area contributed by atoms with E-state index in [1.165, 1.54) is 6.42 Å². The first-order chi connectivity index (χ1) is 5.97. The minimum Gasteiger partial charge on any atom is -0.389 e. The Morgan fingerprint density at radius 2 is 2.00 bits per heavy atom. The molecule has 0 unspecified atom stereocenters. The second-order valence-electron chi connectivity index (χ2n) is 4.73. The molecule has 0 spiro atoms. The average molecular weight is 187 g/mol. The van der Waals surface area contributed by atoms with E-state index in [1.54, 1.807) is 0 Å². The van der Waals surface area contributed by atoms with Crippen LogP contribution in [0, 0.1) is 0 Å². The van der Waals surface area contributed by atoms with Crippen LogP contribution in [0.2, 0.25) is 0 Å². The molecule has 13 heavy (non-hydrogen) atoms. The molecule has 1 fully saturated rings. The summed E-state index contributed by atoms with van der Waals surface area (Å²) < 4.78 is 5.48. The van der Waals surface area contributed by atoms with E-state index in [-0.39, 0.29) is 11.7 Å². The van der Waals surface area contributed by atoms with Crippen LogP contribution in [0.5, 0.6) is 0 Å². The van der Waals surface area contributed by atoms with Crippen molar-refractivity contribution in [2.45, 2.75) is 38.9 Å². The van der Waals surface area contributed by atoms with Crippen LogP contribution in [-0.4, -0.2) is 48.0 Å². The second kappa shape index (κ2) is 4.40. The molecule has 0 saturated carbocycles. The minimum atomic E-state index is -0.334. The van der Waals surface area contributed by atoms with E-state index >= 15 is 0 Å². The number of likely N-dealkylation sites (tertiary alicyclic amines) is 1. The predicted molar refractivity (Wildman–Crippen MR) is 52.8 cm³/mol. The van der Waals surface area contributed by atoms with Crippen LogP contribution in [0.3, 0.4) is 0 Å². The van der Waals surface area contributed by atoms with E-state index < -0.39 is 0 Å². The Bertz CT molecular complexity index is 149. The molecule has 0 bridgehead atoms. The van der Waals surface area contributed by atoms with E-state index in [1.807, 2.05) is 20.8 Å². The van der Waals surface area contributed by atoms with Crippen molar-refractivity contribution < 1.29 is 9.84 Å². The van der Waals surface area contributed by atoms with Crippen LogP contribution < -0.4 is 0 Å². The van der Waals surface area contributed by atoms with Crippen molar-refractivity contribution in [3.63, 3.8) is 0 Å². The standard InChI is InChI=1S/C10H21NO2/c1-10(2,3)13-8-9(12)7-11-5-4-6-11/h9,12H,4-8H2,1-3H3/t9-/m1/s1. The monoisotopic (exact) mass is 187 g/mol. The zero-order chi connectivity index (χ0) is 9.90. The van der Waals surface area contributed by atoms with Gasteiger partial charge in [0.1, 0.15) is 0 Å². The fourth-order valence-corrected chi connectivity index (χ4v) is 1.26. The van der Waals surface area contributed by atoms with E-state index in [9.17, 15) is 5.11 Å². The summed E-state index contributed by atoms with van der Waals surface area (Å²) in [6.45, 7) is 9.48. The van der Waals surface area contributed by atoms with Crippen molar-refractivity contribution in [3.8, 4) is 0 Å². The first-order valence-corrected chi connectivity index (χ1v) is 5.02. The van der Waals surface area contributed by atoms with E-state index in [0.717, 1.165) is 19.6 Å². The summed E-state index contributed by atoms with van der Waals surface area (Å²) in [7, 11) is 0. The third kappa shape index (κ3) is 4.60. The van der Waals surface area contributed by atoms with Crippen molar-refractivity contribution in [2.24, 2.45) is 0 Å². The minimum absolute atomic E-state index is 0.143. The summed E-state index contributed by atoms with van der Waals surface area (Å²) >= 11 is 0. The summed E-state index contributed by atoms with van der Waals surface area (Å²) in [5.74, 6) is 0. The molecule has 0 aromatic carbocycles. The first-order valence-electron chi connectivity index (χ1n) is 5.02. The lowest BCUT2D eigenvalue weighted by molar-refractivity contribution is -0.0600. The predicted octanol–water partition coefficient (Wildman–Crippen LogP) is 0.868. The smallest absolute Gasteiger partial charge is 0.0900 e. The number of nitrogens with zero attached hydrogens (tertiary/aromatic N) is 1. The van der Waals surface area contributed by atoms with Gasteiger partial charge in [0.15, 0.2) is 0 Å². The summed E-state index contributed by atoms with van der Waals surface area (Å²) in [4.78, 5) is 2.25. The Kier molecular flexibility index (Phi) is 3.71. The Hall–Kier alpha value is -0.120. The number of β-amino-alcohol motifs (C(OH)–C–C–N with tert-alkyl or cyclic N) is 1. The van der Waals surface area contributed by atoms with Gasteiger partial charge < -0.3 is 14.7 Å². The highest BCUT2D eigenvalue weighted by Crippen LogP contribution is 2.10.